The molecular weight excluding hydrogens is 532 g/mol. The van der Waals surface area contributed by atoms with Crippen LogP contribution in [0.25, 0.3) is 0 Å². The average Bonchev–Trinajstić information content (AvgIpc) is 2.94. The molecule has 3 unspecified atom stereocenters. The van der Waals surface area contributed by atoms with Crippen LogP contribution < -0.4 is 15.2 Å². The second-order valence-electron chi connectivity index (χ2n) is 12.1. The summed E-state index contributed by atoms with van der Waals surface area (Å²) in [4.78, 5) is 13.3. The molecular formula is C31H53ClN2O6. The van der Waals surface area contributed by atoms with Crippen LogP contribution in [0.5, 0.6) is 11.5 Å². The summed E-state index contributed by atoms with van der Waals surface area (Å²) in [5.74, 6) is 2.00. The van der Waals surface area contributed by atoms with E-state index in [1.54, 1.807) is 21.3 Å². The number of benzene rings is 1. The van der Waals surface area contributed by atoms with Gasteiger partial charge in [0.2, 0.25) is 5.91 Å². The minimum atomic E-state index is -0.932. The van der Waals surface area contributed by atoms with Crippen molar-refractivity contribution >= 4 is 17.7 Å². The van der Waals surface area contributed by atoms with Crippen molar-refractivity contribution in [3.05, 3.63) is 23.8 Å². The second kappa shape index (κ2) is 16.8. The maximum Gasteiger partial charge on any atom is 0.242 e. The van der Waals surface area contributed by atoms with Crippen molar-refractivity contribution in [1.82, 2.24) is 4.42 Å². The van der Waals surface area contributed by atoms with E-state index < -0.39 is 17.6 Å². The van der Waals surface area contributed by atoms with Gasteiger partial charge < -0.3 is 29.8 Å². The second-order valence-corrected chi connectivity index (χ2v) is 12.5. The van der Waals surface area contributed by atoms with Crippen LogP contribution in [0.2, 0.25) is 0 Å². The minimum Gasteiger partial charge on any atom is -0.493 e. The van der Waals surface area contributed by atoms with E-state index in [1.165, 1.54) is 0 Å². The standard InChI is InChI=1S/C31H53ClN2O6/c1-21(2)23(17-22-9-14-28(39-7)29(18-22)40-16-8-15-37-5)19-26(33)27(35)20-34(32)30(36)31(3,4)24-10-12-25(38-6)13-11-24/h9,14,18,21,23-27,35H,8,10-13,15-17,19-20,33H2,1-7H3. The number of hydrogen-bond donors (Lipinski definition) is 2. The quantitative estimate of drug-likeness (QED) is 0.191. The number of methoxy groups -OCH3 is 3. The summed E-state index contributed by atoms with van der Waals surface area (Å²) in [6, 6.07) is 5.46. The fraction of sp³-hybridized carbons (Fsp3) is 0.774. The van der Waals surface area contributed by atoms with Crippen molar-refractivity contribution < 1.29 is 28.8 Å². The summed E-state index contributed by atoms with van der Waals surface area (Å²) < 4.78 is 23.2. The molecule has 1 aliphatic carbocycles. The maximum absolute atomic E-state index is 13.3. The Bertz CT molecular complexity index is 891. The number of nitrogens with two attached hydrogens (primary N) is 1. The zero-order valence-electron chi connectivity index (χ0n) is 25.7. The van der Waals surface area contributed by atoms with Gasteiger partial charge in [-0.05, 0) is 74.0 Å². The van der Waals surface area contributed by atoms with Crippen molar-refractivity contribution in [1.29, 1.82) is 0 Å². The van der Waals surface area contributed by atoms with E-state index in [-0.39, 0.29) is 30.4 Å². The summed E-state index contributed by atoms with van der Waals surface area (Å²) in [5, 5.41) is 11.0. The lowest BCUT2D eigenvalue weighted by Crippen LogP contribution is -2.48. The lowest BCUT2D eigenvalue weighted by Gasteiger charge is -2.39. The smallest absolute Gasteiger partial charge is 0.242 e. The van der Waals surface area contributed by atoms with E-state index in [0.29, 0.717) is 37.1 Å². The molecule has 0 aromatic heterocycles. The molecule has 1 aromatic carbocycles. The van der Waals surface area contributed by atoms with E-state index in [1.807, 2.05) is 32.0 Å². The molecule has 8 nitrogen and oxygen atoms in total. The zero-order chi connectivity index (χ0) is 29.9. The van der Waals surface area contributed by atoms with E-state index in [4.69, 9.17) is 36.5 Å². The molecule has 3 N–H and O–H groups in total. The van der Waals surface area contributed by atoms with Gasteiger partial charge in [0, 0.05) is 50.5 Å². The van der Waals surface area contributed by atoms with Gasteiger partial charge in [-0.3, -0.25) is 9.21 Å². The van der Waals surface area contributed by atoms with Gasteiger partial charge in [-0.1, -0.05) is 33.8 Å². The summed E-state index contributed by atoms with van der Waals surface area (Å²) >= 11 is 6.48. The Balaban J connectivity index is 1.98. The Morgan fingerprint density at radius 3 is 2.38 bits per heavy atom. The first-order valence-corrected chi connectivity index (χ1v) is 15.0. The lowest BCUT2D eigenvalue weighted by atomic mass is 9.70. The number of ether oxygens (including phenoxy) is 4. The molecule has 1 aromatic rings. The van der Waals surface area contributed by atoms with Gasteiger partial charge in [-0.2, -0.15) is 0 Å². The predicted octanol–water partition coefficient (Wildman–Crippen LogP) is 5.22. The van der Waals surface area contributed by atoms with Gasteiger partial charge in [0.25, 0.3) is 0 Å². The number of halogens is 1. The molecule has 1 saturated carbocycles. The number of nitrogens with zero attached hydrogens (tertiary/aromatic N) is 1. The highest BCUT2D eigenvalue weighted by Gasteiger charge is 2.41. The van der Waals surface area contributed by atoms with Crippen molar-refractivity contribution in [2.75, 3.05) is 41.1 Å². The molecule has 0 bridgehead atoms. The Labute approximate surface area is 246 Å². The molecule has 1 fully saturated rings. The third kappa shape index (κ3) is 10.1. The predicted molar refractivity (Wildman–Crippen MR) is 160 cm³/mol. The van der Waals surface area contributed by atoms with Crippen LogP contribution in [0.15, 0.2) is 18.2 Å². The van der Waals surface area contributed by atoms with Crippen LogP contribution in [0.1, 0.15) is 71.8 Å². The molecule has 0 aliphatic heterocycles. The monoisotopic (exact) mass is 584 g/mol. The molecule has 3 atom stereocenters. The molecule has 1 aliphatic rings. The third-order valence-corrected chi connectivity index (χ3v) is 8.93. The number of aliphatic hydroxyl groups excluding tert-OH is 1. The van der Waals surface area contributed by atoms with Gasteiger partial charge in [0.1, 0.15) is 0 Å². The molecule has 0 spiro atoms. The highest BCUT2D eigenvalue weighted by Crippen LogP contribution is 2.40. The van der Waals surface area contributed by atoms with Crippen LogP contribution in [-0.4, -0.2) is 74.8 Å². The molecule has 0 heterocycles. The van der Waals surface area contributed by atoms with Gasteiger partial charge >= 0.3 is 0 Å². The van der Waals surface area contributed by atoms with Crippen LogP contribution in [0, 0.1) is 23.2 Å². The Kier molecular flexibility index (Phi) is 14.5. The van der Waals surface area contributed by atoms with Crippen LogP contribution in [0.3, 0.4) is 0 Å². The van der Waals surface area contributed by atoms with Crippen molar-refractivity contribution in [2.45, 2.75) is 90.9 Å². The number of carbonyl (C=O) groups is 1. The van der Waals surface area contributed by atoms with E-state index >= 15 is 0 Å². The number of carbonyl (C=O) groups excluding carboxylic acids is 1. The SMILES string of the molecule is COCCCOc1cc(CC(CC(N)C(O)CN(Cl)C(=O)C(C)(C)C2CCC(OC)CC2)C(C)C)ccc1OC. The first kappa shape index (κ1) is 34.6. The molecule has 2 rings (SSSR count). The molecule has 230 valence electrons. The summed E-state index contributed by atoms with van der Waals surface area (Å²) in [7, 11) is 5.05. The Morgan fingerprint density at radius 1 is 1.12 bits per heavy atom. The summed E-state index contributed by atoms with van der Waals surface area (Å²) in [5.41, 5.74) is 6.98. The Morgan fingerprint density at radius 2 is 1.80 bits per heavy atom. The Hall–Kier alpha value is -1.58. The molecule has 0 radical (unpaired) electrons. The van der Waals surface area contributed by atoms with Crippen molar-refractivity contribution in [2.24, 2.45) is 28.9 Å². The molecule has 1 amide bonds. The van der Waals surface area contributed by atoms with Crippen molar-refractivity contribution in [3.8, 4) is 11.5 Å². The lowest BCUT2D eigenvalue weighted by molar-refractivity contribution is -0.140. The zero-order valence-corrected chi connectivity index (χ0v) is 26.4. The number of amides is 1. The average molecular weight is 585 g/mol. The van der Waals surface area contributed by atoms with Gasteiger partial charge in [0.05, 0.1) is 32.5 Å². The summed E-state index contributed by atoms with van der Waals surface area (Å²) in [6.45, 7) is 9.39. The topological polar surface area (TPSA) is 103 Å². The van der Waals surface area contributed by atoms with Crippen LogP contribution in [0.4, 0.5) is 0 Å². The molecule has 40 heavy (non-hydrogen) atoms. The van der Waals surface area contributed by atoms with E-state index in [9.17, 15) is 9.90 Å². The van der Waals surface area contributed by atoms with Gasteiger partial charge in [-0.25, -0.2) is 0 Å². The van der Waals surface area contributed by atoms with Crippen LogP contribution >= 0.6 is 11.8 Å². The van der Waals surface area contributed by atoms with Gasteiger partial charge in [0.15, 0.2) is 11.5 Å². The number of hydrogen-bond acceptors (Lipinski definition) is 7. The third-order valence-electron chi connectivity index (χ3n) is 8.64. The maximum atomic E-state index is 13.3. The largest absolute Gasteiger partial charge is 0.493 e. The number of rotatable bonds is 17. The first-order valence-electron chi connectivity index (χ1n) is 14.7. The highest BCUT2D eigenvalue weighted by atomic mass is 35.5. The fourth-order valence-electron chi connectivity index (χ4n) is 5.64. The molecule has 0 saturated heterocycles. The fourth-order valence-corrected chi connectivity index (χ4v) is 6.00. The van der Waals surface area contributed by atoms with Crippen molar-refractivity contribution in [3.63, 3.8) is 0 Å². The normalized spacial score (nSPS) is 20.2. The number of aliphatic hydroxyl groups is 1. The van der Waals surface area contributed by atoms with E-state index in [0.717, 1.165) is 48.5 Å². The van der Waals surface area contributed by atoms with Gasteiger partial charge in [-0.15, -0.1) is 0 Å². The first-order chi connectivity index (χ1) is 18.9. The highest BCUT2D eigenvalue weighted by molar-refractivity contribution is 6.22. The minimum absolute atomic E-state index is 0.00872. The van der Waals surface area contributed by atoms with E-state index in [2.05, 4.69) is 13.8 Å². The summed E-state index contributed by atoms with van der Waals surface area (Å²) in [6.07, 6.45) is 5.22. The molecule has 9 heteroatoms. The van der Waals surface area contributed by atoms with Crippen LogP contribution in [-0.2, 0) is 20.7 Å².